The van der Waals surface area contributed by atoms with Gasteiger partial charge in [-0.3, -0.25) is 0 Å². The van der Waals surface area contributed by atoms with Gasteiger partial charge < -0.3 is 10.4 Å². The molecular weight excluding hydrogens is 230 g/mol. The number of hydrogen-bond acceptors (Lipinski definition) is 2. The molecule has 3 heteroatoms. The maximum atomic E-state index is 9.32. The van der Waals surface area contributed by atoms with Gasteiger partial charge in [0.05, 0.1) is 4.47 Å². The molecule has 0 spiro atoms. The summed E-state index contributed by atoms with van der Waals surface area (Å²) < 4.78 is 0.777. The molecule has 1 unspecified atom stereocenters. The van der Waals surface area contributed by atoms with E-state index in [2.05, 4.69) is 21.2 Å². The third-order valence-corrected chi connectivity index (χ3v) is 3.07. The van der Waals surface area contributed by atoms with Crippen molar-refractivity contribution in [3.63, 3.8) is 0 Å². The molecule has 1 aliphatic rings. The summed E-state index contributed by atoms with van der Waals surface area (Å²) in [4.78, 5) is 0. The quantitative estimate of drug-likeness (QED) is 0.793. The summed E-state index contributed by atoms with van der Waals surface area (Å²) in [5, 5.41) is 12.7. The van der Waals surface area contributed by atoms with Crippen LogP contribution in [0.4, 0.5) is 0 Å². The lowest BCUT2D eigenvalue weighted by Gasteiger charge is -2.10. The van der Waals surface area contributed by atoms with Gasteiger partial charge in [-0.2, -0.15) is 0 Å². The molecule has 0 bridgehead atoms. The van der Waals surface area contributed by atoms with Crippen LogP contribution in [0.5, 0.6) is 5.75 Å². The molecule has 0 aliphatic carbocycles. The number of nitrogens with one attached hydrogen (secondary N) is 1. The maximum Gasteiger partial charge on any atom is 0.129 e. The van der Waals surface area contributed by atoms with Crippen molar-refractivity contribution < 1.29 is 5.11 Å². The molecule has 13 heavy (non-hydrogen) atoms. The van der Waals surface area contributed by atoms with Gasteiger partial charge in [0.25, 0.3) is 0 Å². The van der Waals surface area contributed by atoms with E-state index >= 15 is 0 Å². The first-order valence-electron chi connectivity index (χ1n) is 4.49. The Bertz CT molecular complexity index is 308. The third-order valence-electron chi connectivity index (χ3n) is 2.43. The Balaban J connectivity index is 2.25. The molecule has 1 saturated heterocycles. The minimum Gasteiger partial charge on any atom is -0.507 e. The Kier molecular flexibility index (Phi) is 2.56. The van der Waals surface area contributed by atoms with Crippen LogP contribution in [-0.2, 0) is 0 Å². The van der Waals surface area contributed by atoms with Crippen molar-refractivity contribution in [1.82, 2.24) is 5.32 Å². The summed E-state index contributed by atoms with van der Waals surface area (Å²) in [7, 11) is 0. The van der Waals surface area contributed by atoms with Gasteiger partial charge in [0, 0.05) is 6.04 Å². The minimum atomic E-state index is 0.307. The summed E-state index contributed by atoms with van der Waals surface area (Å²) >= 11 is 3.32. The van der Waals surface area contributed by atoms with Gasteiger partial charge >= 0.3 is 0 Å². The maximum absolute atomic E-state index is 9.32. The van der Waals surface area contributed by atoms with Crippen molar-refractivity contribution in [2.75, 3.05) is 6.54 Å². The molecule has 1 fully saturated rings. The van der Waals surface area contributed by atoms with Gasteiger partial charge in [-0.25, -0.2) is 0 Å². The number of halogens is 1. The number of phenols is 1. The summed E-state index contributed by atoms with van der Waals surface area (Å²) in [6.45, 7) is 1.10. The number of benzene rings is 1. The number of aromatic hydroxyl groups is 1. The van der Waals surface area contributed by atoms with E-state index in [1.54, 1.807) is 6.07 Å². The van der Waals surface area contributed by atoms with Crippen molar-refractivity contribution in [3.8, 4) is 5.75 Å². The van der Waals surface area contributed by atoms with Crippen LogP contribution in [0.3, 0.4) is 0 Å². The van der Waals surface area contributed by atoms with Crippen molar-refractivity contribution in [2.24, 2.45) is 0 Å². The first kappa shape index (κ1) is 9.03. The topological polar surface area (TPSA) is 32.3 Å². The van der Waals surface area contributed by atoms with E-state index in [0.29, 0.717) is 11.8 Å². The molecule has 2 nitrogen and oxygen atoms in total. The van der Waals surface area contributed by atoms with E-state index in [9.17, 15) is 5.11 Å². The van der Waals surface area contributed by atoms with Crippen molar-refractivity contribution in [2.45, 2.75) is 18.9 Å². The second kappa shape index (κ2) is 3.68. The Morgan fingerprint density at radius 3 is 2.92 bits per heavy atom. The summed E-state index contributed by atoms with van der Waals surface area (Å²) in [6.07, 6.45) is 2.43. The highest BCUT2D eigenvalue weighted by atomic mass is 79.9. The van der Waals surface area contributed by atoms with Crippen LogP contribution in [0.2, 0.25) is 0 Å². The van der Waals surface area contributed by atoms with E-state index in [1.807, 2.05) is 12.1 Å². The second-order valence-corrected chi connectivity index (χ2v) is 4.21. The minimum absolute atomic E-state index is 0.307. The van der Waals surface area contributed by atoms with Crippen LogP contribution in [0.1, 0.15) is 24.4 Å². The van der Waals surface area contributed by atoms with Crippen molar-refractivity contribution >= 4 is 15.9 Å². The van der Waals surface area contributed by atoms with Crippen LogP contribution in [0, 0.1) is 0 Å². The van der Waals surface area contributed by atoms with Gasteiger partial charge in [0.15, 0.2) is 0 Å². The molecule has 70 valence electrons. The molecule has 2 rings (SSSR count). The molecule has 1 aromatic carbocycles. The Hall–Kier alpha value is -0.540. The Labute approximate surface area is 86.1 Å². The van der Waals surface area contributed by atoms with Crippen LogP contribution >= 0.6 is 15.9 Å². The Morgan fingerprint density at radius 2 is 2.31 bits per heavy atom. The highest BCUT2D eigenvalue weighted by molar-refractivity contribution is 9.10. The van der Waals surface area contributed by atoms with Crippen LogP contribution < -0.4 is 5.32 Å². The van der Waals surface area contributed by atoms with Crippen LogP contribution in [0.25, 0.3) is 0 Å². The fourth-order valence-electron chi connectivity index (χ4n) is 1.71. The van der Waals surface area contributed by atoms with Crippen LogP contribution in [-0.4, -0.2) is 11.7 Å². The average Bonchev–Trinajstić information content (AvgIpc) is 2.62. The summed E-state index contributed by atoms with van der Waals surface area (Å²) in [5.41, 5.74) is 1.25. The lowest BCUT2D eigenvalue weighted by atomic mass is 10.1. The third kappa shape index (κ3) is 1.86. The number of phenolic OH excluding ortho intramolecular Hbond substituents is 1. The van der Waals surface area contributed by atoms with E-state index in [1.165, 1.54) is 18.4 Å². The standard InChI is InChI=1S/C10H12BrNO/c11-8-6-7(3-4-10(8)13)9-2-1-5-12-9/h3-4,6,9,12-13H,1-2,5H2. The van der Waals surface area contributed by atoms with Crippen LogP contribution in [0.15, 0.2) is 22.7 Å². The molecule has 1 aliphatic heterocycles. The number of hydrogen-bond donors (Lipinski definition) is 2. The first-order chi connectivity index (χ1) is 6.27. The largest absolute Gasteiger partial charge is 0.507 e. The van der Waals surface area contributed by atoms with E-state index in [0.717, 1.165) is 11.0 Å². The predicted octanol–water partition coefficient (Wildman–Crippen LogP) is 2.58. The Morgan fingerprint density at radius 1 is 1.46 bits per heavy atom. The molecular formula is C10H12BrNO. The second-order valence-electron chi connectivity index (χ2n) is 3.36. The molecule has 0 amide bonds. The summed E-state index contributed by atoms with van der Waals surface area (Å²) in [6, 6.07) is 6.16. The lowest BCUT2D eigenvalue weighted by Crippen LogP contribution is -2.12. The monoisotopic (exact) mass is 241 g/mol. The lowest BCUT2D eigenvalue weighted by molar-refractivity contribution is 0.471. The zero-order chi connectivity index (χ0) is 9.26. The van der Waals surface area contributed by atoms with E-state index in [4.69, 9.17) is 0 Å². The van der Waals surface area contributed by atoms with Gasteiger partial charge in [-0.05, 0) is 53.0 Å². The smallest absolute Gasteiger partial charge is 0.129 e. The molecule has 1 atom stereocenters. The van der Waals surface area contributed by atoms with E-state index < -0.39 is 0 Å². The fourth-order valence-corrected chi connectivity index (χ4v) is 2.11. The van der Waals surface area contributed by atoms with Gasteiger partial charge in [0.1, 0.15) is 5.75 Å². The predicted molar refractivity (Wildman–Crippen MR) is 55.8 cm³/mol. The van der Waals surface area contributed by atoms with E-state index in [-0.39, 0.29) is 0 Å². The van der Waals surface area contributed by atoms with Crippen molar-refractivity contribution in [3.05, 3.63) is 28.2 Å². The average molecular weight is 242 g/mol. The highest BCUT2D eigenvalue weighted by Crippen LogP contribution is 2.30. The molecule has 1 heterocycles. The molecule has 2 N–H and O–H groups in total. The number of rotatable bonds is 1. The molecule has 1 aromatic rings. The fraction of sp³-hybridized carbons (Fsp3) is 0.400. The SMILES string of the molecule is Oc1ccc(C2CCCN2)cc1Br. The molecule has 0 radical (unpaired) electrons. The molecule has 0 saturated carbocycles. The molecule has 0 aromatic heterocycles. The van der Waals surface area contributed by atoms with Gasteiger partial charge in [0.2, 0.25) is 0 Å². The zero-order valence-electron chi connectivity index (χ0n) is 7.26. The van der Waals surface area contributed by atoms with Crippen molar-refractivity contribution in [1.29, 1.82) is 0 Å². The normalized spacial score (nSPS) is 22.1. The highest BCUT2D eigenvalue weighted by Gasteiger charge is 2.16. The van der Waals surface area contributed by atoms with Gasteiger partial charge in [-0.15, -0.1) is 0 Å². The van der Waals surface area contributed by atoms with Gasteiger partial charge in [-0.1, -0.05) is 6.07 Å². The first-order valence-corrected chi connectivity index (χ1v) is 5.28. The zero-order valence-corrected chi connectivity index (χ0v) is 8.84. The summed E-state index contributed by atoms with van der Waals surface area (Å²) in [5.74, 6) is 0.307.